The number of hydrogen-bond donors (Lipinski definition) is 1. The Morgan fingerprint density at radius 3 is 2.55 bits per heavy atom. The molecule has 0 bridgehead atoms. The summed E-state index contributed by atoms with van der Waals surface area (Å²) in [6, 6.07) is 16.8. The van der Waals surface area contributed by atoms with Crippen molar-refractivity contribution in [1.82, 2.24) is 14.8 Å². The van der Waals surface area contributed by atoms with Crippen molar-refractivity contribution in [2.45, 2.75) is 13.8 Å². The van der Waals surface area contributed by atoms with Gasteiger partial charge in [-0.15, -0.1) is 0 Å². The second-order valence-corrected chi connectivity index (χ2v) is 7.30. The Kier molecular flexibility index (Phi) is 5.44. The first-order valence-corrected chi connectivity index (χ1v) is 10.0. The van der Waals surface area contributed by atoms with Gasteiger partial charge in [0.1, 0.15) is 17.3 Å². The topological polar surface area (TPSA) is 78.3 Å². The number of fused-ring (bicyclic) bond motifs is 1. The van der Waals surface area contributed by atoms with E-state index in [1.807, 2.05) is 50.2 Å². The fourth-order valence-corrected chi connectivity index (χ4v) is 3.74. The molecule has 0 saturated carbocycles. The summed E-state index contributed by atoms with van der Waals surface area (Å²) in [6.07, 6.45) is 0. The highest BCUT2D eigenvalue weighted by Gasteiger charge is 2.14. The lowest BCUT2D eigenvalue weighted by Gasteiger charge is -2.09. The Balaban J connectivity index is 1.44. The number of nitrogens with zero attached hydrogens (tertiary/aromatic N) is 3. The summed E-state index contributed by atoms with van der Waals surface area (Å²) in [5, 5.41) is 8.02. The Labute approximate surface area is 171 Å². The third-order valence-corrected chi connectivity index (χ3v) is 5.08. The highest BCUT2D eigenvalue weighted by Crippen LogP contribution is 2.27. The standard InChI is InChI=1S/C21H20N4O3S/c1-3-27-15-8-10-16(11-9-15)28-13-20(26)23-19-12-14(2)24-25(19)21-22-17-6-4-5-7-18(17)29-21/h4-12H,3,13H2,1-2H3,(H,23,26). The van der Waals surface area contributed by atoms with Gasteiger partial charge in [-0.2, -0.15) is 9.78 Å². The van der Waals surface area contributed by atoms with Crippen LogP contribution < -0.4 is 14.8 Å². The van der Waals surface area contributed by atoms with Crippen molar-refractivity contribution in [2.75, 3.05) is 18.5 Å². The number of aromatic nitrogens is 3. The van der Waals surface area contributed by atoms with Gasteiger partial charge in [-0.05, 0) is 50.2 Å². The van der Waals surface area contributed by atoms with E-state index in [1.165, 1.54) is 11.3 Å². The smallest absolute Gasteiger partial charge is 0.263 e. The predicted octanol–water partition coefficient (Wildman–Crippen LogP) is 4.21. The lowest BCUT2D eigenvalue weighted by atomic mass is 10.3. The molecule has 0 aliphatic carbocycles. The van der Waals surface area contributed by atoms with Gasteiger partial charge in [-0.1, -0.05) is 23.5 Å². The van der Waals surface area contributed by atoms with Gasteiger partial charge in [0.05, 0.1) is 22.5 Å². The van der Waals surface area contributed by atoms with Gasteiger partial charge in [0.25, 0.3) is 5.91 Å². The molecule has 4 rings (SSSR count). The van der Waals surface area contributed by atoms with Crippen molar-refractivity contribution in [3.63, 3.8) is 0 Å². The summed E-state index contributed by atoms with van der Waals surface area (Å²) in [5.74, 6) is 1.64. The number of aryl methyl sites for hydroxylation is 1. The van der Waals surface area contributed by atoms with Crippen molar-refractivity contribution in [3.8, 4) is 16.6 Å². The first-order chi connectivity index (χ1) is 14.1. The van der Waals surface area contributed by atoms with Gasteiger partial charge in [0.15, 0.2) is 6.61 Å². The Hall–Kier alpha value is -3.39. The summed E-state index contributed by atoms with van der Waals surface area (Å²) in [6.45, 7) is 4.29. The number of hydrogen-bond acceptors (Lipinski definition) is 6. The SMILES string of the molecule is CCOc1ccc(OCC(=O)Nc2cc(C)nn2-c2nc3ccccc3s2)cc1. The highest BCUT2D eigenvalue weighted by molar-refractivity contribution is 7.20. The van der Waals surface area contributed by atoms with Gasteiger partial charge in [0.2, 0.25) is 5.13 Å². The first-order valence-electron chi connectivity index (χ1n) is 9.20. The minimum atomic E-state index is -0.277. The maximum atomic E-state index is 12.4. The summed E-state index contributed by atoms with van der Waals surface area (Å²) in [4.78, 5) is 17.0. The summed E-state index contributed by atoms with van der Waals surface area (Å²) in [5.41, 5.74) is 1.68. The minimum absolute atomic E-state index is 0.113. The van der Waals surface area contributed by atoms with Gasteiger partial charge >= 0.3 is 0 Å². The Morgan fingerprint density at radius 2 is 1.83 bits per heavy atom. The molecular formula is C21H20N4O3S. The number of amides is 1. The van der Waals surface area contributed by atoms with Crippen LogP contribution in [-0.2, 0) is 4.79 Å². The number of anilines is 1. The molecule has 0 atom stereocenters. The highest BCUT2D eigenvalue weighted by atomic mass is 32.1. The van der Waals surface area contributed by atoms with E-state index in [0.717, 1.165) is 21.7 Å². The number of rotatable bonds is 7. The van der Waals surface area contributed by atoms with E-state index < -0.39 is 0 Å². The van der Waals surface area contributed by atoms with Gasteiger partial charge < -0.3 is 14.8 Å². The van der Waals surface area contributed by atoms with Crippen LogP contribution in [0.5, 0.6) is 11.5 Å². The molecule has 29 heavy (non-hydrogen) atoms. The molecular weight excluding hydrogens is 388 g/mol. The van der Waals surface area contributed by atoms with E-state index in [-0.39, 0.29) is 12.5 Å². The number of carbonyl (C=O) groups excluding carboxylic acids is 1. The average molecular weight is 408 g/mol. The zero-order valence-corrected chi connectivity index (χ0v) is 16.9. The quantitative estimate of drug-likeness (QED) is 0.496. The van der Waals surface area contributed by atoms with Crippen molar-refractivity contribution < 1.29 is 14.3 Å². The summed E-state index contributed by atoms with van der Waals surface area (Å²) < 4.78 is 13.7. The molecule has 0 saturated heterocycles. The van der Waals surface area contributed by atoms with Crippen LogP contribution in [0, 0.1) is 6.92 Å². The van der Waals surface area contributed by atoms with Crippen LogP contribution in [0.1, 0.15) is 12.6 Å². The molecule has 0 unspecified atom stereocenters. The van der Waals surface area contributed by atoms with E-state index in [4.69, 9.17) is 9.47 Å². The fourth-order valence-electron chi connectivity index (χ4n) is 2.81. The van der Waals surface area contributed by atoms with Crippen LogP contribution in [-0.4, -0.2) is 33.9 Å². The zero-order chi connectivity index (χ0) is 20.2. The second-order valence-electron chi connectivity index (χ2n) is 6.29. The molecule has 2 heterocycles. The first kappa shape index (κ1) is 18.9. The van der Waals surface area contributed by atoms with Crippen LogP contribution in [0.25, 0.3) is 15.3 Å². The molecule has 0 radical (unpaired) electrons. The molecule has 4 aromatic rings. The second kappa shape index (κ2) is 8.32. The largest absolute Gasteiger partial charge is 0.494 e. The van der Waals surface area contributed by atoms with Gasteiger partial charge in [-0.25, -0.2) is 4.98 Å². The summed E-state index contributed by atoms with van der Waals surface area (Å²) in [7, 11) is 0. The molecule has 0 aliphatic heterocycles. The van der Waals surface area contributed by atoms with E-state index >= 15 is 0 Å². The number of carbonyl (C=O) groups is 1. The lowest BCUT2D eigenvalue weighted by molar-refractivity contribution is -0.118. The maximum absolute atomic E-state index is 12.4. The van der Waals surface area contributed by atoms with Crippen molar-refractivity contribution in [2.24, 2.45) is 0 Å². The Morgan fingerprint density at radius 1 is 1.10 bits per heavy atom. The number of para-hydroxylation sites is 1. The molecule has 7 nitrogen and oxygen atoms in total. The van der Waals surface area contributed by atoms with Crippen molar-refractivity contribution in [3.05, 3.63) is 60.3 Å². The number of benzene rings is 2. The van der Waals surface area contributed by atoms with Crippen LogP contribution in [0.3, 0.4) is 0 Å². The molecule has 0 spiro atoms. The lowest BCUT2D eigenvalue weighted by Crippen LogP contribution is -2.21. The van der Waals surface area contributed by atoms with Crippen LogP contribution in [0.2, 0.25) is 0 Å². The Bertz CT molecular complexity index is 1100. The molecule has 2 aromatic heterocycles. The molecule has 0 fully saturated rings. The molecule has 0 aliphatic rings. The minimum Gasteiger partial charge on any atom is -0.494 e. The predicted molar refractivity (Wildman–Crippen MR) is 113 cm³/mol. The normalized spacial score (nSPS) is 10.8. The van der Waals surface area contributed by atoms with Crippen molar-refractivity contribution >= 4 is 33.3 Å². The fraction of sp³-hybridized carbons (Fsp3) is 0.190. The number of ether oxygens (including phenoxy) is 2. The molecule has 2 aromatic carbocycles. The average Bonchev–Trinajstić information content (AvgIpc) is 3.30. The zero-order valence-electron chi connectivity index (χ0n) is 16.1. The molecule has 1 amide bonds. The third kappa shape index (κ3) is 4.38. The van der Waals surface area contributed by atoms with E-state index in [1.54, 1.807) is 22.9 Å². The van der Waals surface area contributed by atoms with Crippen molar-refractivity contribution in [1.29, 1.82) is 0 Å². The van der Waals surface area contributed by atoms with Crippen LogP contribution in [0.15, 0.2) is 54.6 Å². The van der Waals surface area contributed by atoms with Gasteiger partial charge in [-0.3, -0.25) is 4.79 Å². The van der Waals surface area contributed by atoms with Gasteiger partial charge in [0, 0.05) is 6.07 Å². The maximum Gasteiger partial charge on any atom is 0.263 e. The molecule has 148 valence electrons. The monoisotopic (exact) mass is 408 g/mol. The number of thiazole rings is 1. The molecule has 1 N–H and O–H groups in total. The third-order valence-electron chi connectivity index (χ3n) is 4.07. The summed E-state index contributed by atoms with van der Waals surface area (Å²) >= 11 is 1.52. The number of nitrogens with one attached hydrogen (secondary N) is 1. The van der Waals surface area contributed by atoms with E-state index in [9.17, 15) is 4.79 Å². The van der Waals surface area contributed by atoms with Crippen LogP contribution in [0.4, 0.5) is 5.82 Å². The van der Waals surface area contributed by atoms with E-state index in [0.29, 0.717) is 23.3 Å². The van der Waals surface area contributed by atoms with Crippen LogP contribution >= 0.6 is 11.3 Å². The van der Waals surface area contributed by atoms with E-state index in [2.05, 4.69) is 15.4 Å². The molecule has 8 heteroatoms.